The Hall–Kier alpha value is -7.06. The van der Waals surface area contributed by atoms with Gasteiger partial charge in [-0.05, 0) is 42.0 Å². The van der Waals surface area contributed by atoms with E-state index in [9.17, 15) is 13.6 Å². The Balaban J connectivity index is 0.000000209. The zero-order chi connectivity index (χ0) is 42.0. The highest BCUT2D eigenvalue weighted by Crippen LogP contribution is 2.29. The number of rotatable bonds is 9. The first-order valence-electron chi connectivity index (χ1n) is 20.0. The minimum atomic E-state index is -0.347. The number of nitrogens with one attached hydrogen (secondary N) is 1. The summed E-state index contributed by atoms with van der Waals surface area (Å²) in [5, 5.41) is 28.7. The molecule has 10 rings (SSSR count). The van der Waals surface area contributed by atoms with Crippen LogP contribution in [0.5, 0.6) is 0 Å². The van der Waals surface area contributed by atoms with Crippen LogP contribution in [-0.2, 0) is 13.1 Å². The van der Waals surface area contributed by atoms with Crippen molar-refractivity contribution < 1.29 is 17.6 Å². The molecule has 0 spiro atoms. The monoisotopic (exact) mass is 831 g/mol. The Labute approximate surface area is 347 Å². The number of piperazine rings is 2. The first kappa shape index (κ1) is 39.4. The van der Waals surface area contributed by atoms with Crippen molar-refractivity contribution in [2.45, 2.75) is 26.9 Å². The van der Waals surface area contributed by atoms with E-state index >= 15 is 0 Å². The van der Waals surface area contributed by atoms with Crippen molar-refractivity contribution in [3.8, 4) is 22.9 Å². The van der Waals surface area contributed by atoms with Gasteiger partial charge in [0.15, 0.2) is 11.3 Å². The summed E-state index contributed by atoms with van der Waals surface area (Å²) in [6.45, 7) is 11.2. The highest BCUT2D eigenvalue weighted by atomic mass is 19.1. The number of nitrogen functional groups attached to an aromatic ring is 1. The topological polar surface area (TPSA) is 196 Å². The van der Waals surface area contributed by atoms with Crippen LogP contribution in [0.3, 0.4) is 0 Å². The van der Waals surface area contributed by atoms with E-state index in [4.69, 9.17) is 14.6 Å². The van der Waals surface area contributed by atoms with Crippen molar-refractivity contribution in [2.24, 2.45) is 0 Å². The molecule has 5 aromatic heterocycles. The number of halogens is 2. The summed E-state index contributed by atoms with van der Waals surface area (Å²) in [5.41, 5.74) is 10.4. The third-order valence-electron chi connectivity index (χ3n) is 10.8. The molecular formula is C41H43F2N15O3. The van der Waals surface area contributed by atoms with Gasteiger partial charge in [-0.2, -0.15) is 10.1 Å². The maximum atomic E-state index is 14.8. The highest BCUT2D eigenvalue weighted by Gasteiger charge is 2.23. The van der Waals surface area contributed by atoms with Crippen molar-refractivity contribution >= 4 is 34.0 Å². The molecule has 0 atom stereocenters. The number of hydrogen-bond donors (Lipinski definition) is 2. The number of nitrogens with zero attached hydrogens (tertiary/aromatic N) is 13. The fourth-order valence-electron chi connectivity index (χ4n) is 7.58. The van der Waals surface area contributed by atoms with Crippen LogP contribution in [0.1, 0.15) is 17.3 Å². The molecule has 314 valence electrons. The number of fused-ring (bicyclic) bond motifs is 3. The van der Waals surface area contributed by atoms with E-state index in [0.717, 1.165) is 56.9 Å². The molecule has 2 saturated heterocycles. The van der Waals surface area contributed by atoms with Crippen LogP contribution in [0.15, 0.2) is 86.6 Å². The smallest absolute Gasteiger partial charge is 0.353 e. The molecule has 0 unspecified atom stereocenters. The minimum Gasteiger partial charge on any atom is -0.421 e. The van der Waals surface area contributed by atoms with Crippen LogP contribution in [0.2, 0.25) is 0 Å². The number of aryl methyl sites for hydroxylation is 2. The summed E-state index contributed by atoms with van der Waals surface area (Å²) in [6.07, 6.45) is 1.68. The molecule has 8 aromatic rings. The molecule has 3 aromatic carbocycles. The molecule has 61 heavy (non-hydrogen) atoms. The van der Waals surface area contributed by atoms with Gasteiger partial charge in [-0.15, -0.1) is 25.5 Å². The van der Waals surface area contributed by atoms with Gasteiger partial charge >= 0.3 is 5.69 Å². The average Bonchev–Trinajstić information content (AvgIpc) is 4.09. The van der Waals surface area contributed by atoms with Gasteiger partial charge in [0.25, 0.3) is 0 Å². The molecule has 2 aliphatic heterocycles. The molecule has 2 fully saturated rings. The SMILES string of the molecule is Cc1nnc(-c2ccc(F)c(N3CCN(CCn4ncc5c4nc(N)n4c(=O)n(Cc6ccccc6)nc54)CC3)c2)o1.Cc1nnc(-c2ccc(F)c(N3CCNCC3)c2)o1. The maximum Gasteiger partial charge on any atom is 0.353 e. The third-order valence-corrected chi connectivity index (χ3v) is 10.8. The number of anilines is 3. The second kappa shape index (κ2) is 16.9. The Kier molecular flexibility index (Phi) is 10.9. The summed E-state index contributed by atoms with van der Waals surface area (Å²) in [6, 6.07) is 19.4. The molecule has 0 saturated carbocycles. The molecule has 2 aliphatic rings. The molecule has 0 amide bonds. The molecular weight excluding hydrogens is 789 g/mol. The zero-order valence-electron chi connectivity index (χ0n) is 33.6. The summed E-state index contributed by atoms with van der Waals surface area (Å²) in [4.78, 5) is 23.9. The van der Waals surface area contributed by atoms with Gasteiger partial charge in [-0.1, -0.05) is 30.3 Å². The van der Waals surface area contributed by atoms with Crippen molar-refractivity contribution in [3.63, 3.8) is 0 Å². The summed E-state index contributed by atoms with van der Waals surface area (Å²) in [5.74, 6) is 1.32. The van der Waals surface area contributed by atoms with Crippen molar-refractivity contribution in [1.29, 1.82) is 0 Å². The van der Waals surface area contributed by atoms with E-state index in [2.05, 4.69) is 45.8 Å². The number of nitrogens with two attached hydrogens (primary N) is 1. The van der Waals surface area contributed by atoms with Crippen LogP contribution in [-0.4, -0.2) is 113 Å². The van der Waals surface area contributed by atoms with E-state index in [1.54, 1.807) is 49.0 Å². The molecule has 18 nitrogen and oxygen atoms in total. The molecule has 0 aliphatic carbocycles. The fourth-order valence-corrected chi connectivity index (χ4v) is 7.58. The fraction of sp³-hybridized carbons (Fsp3) is 0.317. The van der Waals surface area contributed by atoms with Crippen molar-refractivity contribution in [2.75, 3.05) is 74.4 Å². The lowest BCUT2D eigenvalue weighted by Gasteiger charge is -2.36. The van der Waals surface area contributed by atoms with Gasteiger partial charge < -0.3 is 29.7 Å². The van der Waals surface area contributed by atoms with Crippen LogP contribution < -0.4 is 26.5 Å². The van der Waals surface area contributed by atoms with Gasteiger partial charge in [0, 0.05) is 83.9 Å². The quantitative estimate of drug-likeness (QED) is 0.213. The second-order valence-electron chi connectivity index (χ2n) is 14.8. The van der Waals surface area contributed by atoms with Gasteiger partial charge in [-0.25, -0.2) is 27.3 Å². The van der Waals surface area contributed by atoms with E-state index in [1.807, 2.05) is 40.1 Å². The predicted octanol–water partition coefficient (Wildman–Crippen LogP) is 3.78. The summed E-state index contributed by atoms with van der Waals surface area (Å²) < 4.78 is 44.1. The molecule has 20 heteroatoms. The first-order valence-corrected chi connectivity index (χ1v) is 20.0. The maximum absolute atomic E-state index is 14.8. The lowest BCUT2D eigenvalue weighted by Crippen LogP contribution is -2.47. The Morgan fingerprint density at radius 2 is 1.33 bits per heavy atom. The predicted molar refractivity (Wildman–Crippen MR) is 223 cm³/mol. The van der Waals surface area contributed by atoms with E-state index in [1.165, 1.54) is 21.2 Å². The normalized spacial score (nSPS) is 14.8. The third kappa shape index (κ3) is 8.26. The summed E-state index contributed by atoms with van der Waals surface area (Å²) in [7, 11) is 0. The largest absolute Gasteiger partial charge is 0.421 e. The highest BCUT2D eigenvalue weighted by molar-refractivity contribution is 5.89. The number of aromatic nitrogens is 10. The standard InChI is InChI=1S/C28H28FN11O2.C13H15FN4O/c1-18-33-34-26(42-18)20-7-8-22(29)23(15-20)37-12-9-36(10-13-37)11-14-38-24-21(16-31-38)25-35-39(17-19-5-3-2-4-6-19)28(41)40(25)27(30)32-24;1-9-16-17-13(19-9)10-2-3-11(14)12(8-10)18-6-4-15-5-7-18/h2-8,15-16H,9-14,17H2,1H3,(H2,30,32);2-3,8,15H,4-7H2,1H3. The van der Waals surface area contributed by atoms with Crippen LogP contribution in [0.25, 0.3) is 39.6 Å². The average molecular weight is 832 g/mol. The molecule has 7 heterocycles. The Morgan fingerprint density at radius 1 is 0.721 bits per heavy atom. The van der Waals surface area contributed by atoms with E-state index in [0.29, 0.717) is 83.4 Å². The van der Waals surface area contributed by atoms with Crippen molar-refractivity contribution in [3.05, 3.63) is 112 Å². The van der Waals surface area contributed by atoms with Crippen LogP contribution >= 0.6 is 0 Å². The van der Waals surface area contributed by atoms with E-state index in [-0.39, 0.29) is 23.3 Å². The molecule has 3 N–H and O–H groups in total. The summed E-state index contributed by atoms with van der Waals surface area (Å²) >= 11 is 0. The van der Waals surface area contributed by atoms with Crippen LogP contribution in [0.4, 0.5) is 26.1 Å². The van der Waals surface area contributed by atoms with Gasteiger partial charge in [0.1, 0.15) is 11.6 Å². The number of benzene rings is 3. The minimum absolute atomic E-state index is 0.0668. The Morgan fingerprint density at radius 3 is 1.92 bits per heavy atom. The van der Waals surface area contributed by atoms with E-state index < -0.39 is 0 Å². The second-order valence-corrected chi connectivity index (χ2v) is 14.8. The molecule has 0 radical (unpaired) electrons. The van der Waals surface area contributed by atoms with Crippen LogP contribution in [0, 0.1) is 25.5 Å². The Bertz CT molecular complexity index is 2850. The first-order chi connectivity index (χ1) is 29.7. The van der Waals surface area contributed by atoms with Crippen molar-refractivity contribution in [1.82, 2.24) is 59.6 Å². The molecule has 0 bridgehead atoms. The lowest BCUT2D eigenvalue weighted by atomic mass is 10.1. The van der Waals surface area contributed by atoms with Gasteiger partial charge in [0.05, 0.1) is 36.0 Å². The van der Waals surface area contributed by atoms with Gasteiger partial charge in [0.2, 0.25) is 29.5 Å². The number of hydrogen-bond acceptors (Lipinski definition) is 15. The zero-order valence-corrected chi connectivity index (χ0v) is 33.6. The van der Waals surface area contributed by atoms with Gasteiger partial charge in [-0.3, -0.25) is 4.90 Å². The lowest BCUT2D eigenvalue weighted by molar-refractivity contribution is 0.245.